The molecule has 27 heavy (non-hydrogen) atoms. The Balaban J connectivity index is 2.12. The Bertz CT molecular complexity index is 934. The number of hydrogen-bond acceptors (Lipinski definition) is 7. The Hall–Kier alpha value is -3.62. The Kier molecular flexibility index (Phi) is 5.20. The van der Waals surface area contributed by atoms with Crippen LogP contribution in [0.5, 0.6) is 11.5 Å². The number of aromatic nitrogens is 3. The van der Waals surface area contributed by atoms with Gasteiger partial charge in [0.05, 0.1) is 19.1 Å². The fourth-order valence-electron chi connectivity index (χ4n) is 2.74. The second kappa shape index (κ2) is 7.73. The fraction of sp³-hybridized carbons (Fsp3) is 0.222. The Labute approximate surface area is 155 Å². The highest BCUT2D eigenvalue weighted by molar-refractivity contribution is 5.58. The lowest BCUT2D eigenvalue weighted by atomic mass is 10.0. The molecule has 3 rings (SSSR count). The Morgan fingerprint density at radius 1 is 1.15 bits per heavy atom. The van der Waals surface area contributed by atoms with E-state index in [9.17, 15) is 10.1 Å². The molecule has 0 saturated heterocycles. The van der Waals surface area contributed by atoms with Crippen molar-refractivity contribution in [3.05, 3.63) is 70.4 Å². The molecule has 2 aromatic heterocycles. The van der Waals surface area contributed by atoms with Gasteiger partial charge in [-0.05, 0) is 23.8 Å². The van der Waals surface area contributed by atoms with E-state index in [1.165, 1.54) is 18.3 Å². The fourth-order valence-corrected chi connectivity index (χ4v) is 2.74. The van der Waals surface area contributed by atoms with E-state index in [0.29, 0.717) is 17.3 Å². The topological polar surface area (TPSA) is 104 Å². The number of imidazole rings is 1. The van der Waals surface area contributed by atoms with Crippen molar-refractivity contribution in [3.63, 3.8) is 0 Å². The van der Waals surface area contributed by atoms with E-state index in [0.717, 1.165) is 5.56 Å². The van der Waals surface area contributed by atoms with Crippen LogP contribution in [0.4, 0.5) is 11.5 Å². The first-order valence-corrected chi connectivity index (χ1v) is 8.09. The molecule has 3 aromatic rings. The van der Waals surface area contributed by atoms with Crippen molar-refractivity contribution >= 4 is 11.5 Å². The van der Waals surface area contributed by atoms with Gasteiger partial charge in [0.25, 0.3) is 0 Å². The Morgan fingerprint density at radius 2 is 1.85 bits per heavy atom. The van der Waals surface area contributed by atoms with Crippen molar-refractivity contribution in [2.24, 2.45) is 7.05 Å². The van der Waals surface area contributed by atoms with Gasteiger partial charge in [0.2, 0.25) is 5.82 Å². The predicted molar refractivity (Wildman–Crippen MR) is 99.1 cm³/mol. The minimum Gasteiger partial charge on any atom is -0.497 e. The van der Waals surface area contributed by atoms with Gasteiger partial charge >= 0.3 is 5.69 Å². The summed E-state index contributed by atoms with van der Waals surface area (Å²) in [6.07, 6.45) is 4.96. The van der Waals surface area contributed by atoms with Crippen molar-refractivity contribution in [1.29, 1.82) is 0 Å². The number of aryl methyl sites for hydroxylation is 1. The van der Waals surface area contributed by atoms with Gasteiger partial charge in [0.1, 0.15) is 23.4 Å². The molecule has 9 heteroatoms. The SMILES string of the molecule is COc1cc(OC)cc(C(Nc2ncccc2[N+](=O)[O-])c2nccn2C)c1. The Morgan fingerprint density at radius 3 is 2.41 bits per heavy atom. The van der Waals surface area contributed by atoms with E-state index in [-0.39, 0.29) is 11.5 Å². The molecule has 1 N–H and O–H groups in total. The quantitative estimate of drug-likeness (QED) is 0.504. The van der Waals surface area contributed by atoms with Gasteiger partial charge in [-0.2, -0.15) is 0 Å². The highest BCUT2D eigenvalue weighted by Gasteiger charge is 2.24. The van der Waals surface area contributed by atoms with Crippen LogP contribution in [-0.2, 0) is 7.05 Å². The van der Waals surface area contributed by atoms with Crippen molar-refractivity contribution in [3.8, 4) is 11.5 Å². The third-order valence-electron chi connectivity index (χ3n) is 4.09. The third kappa shape index (κ3) is 3.81. The summed E-state index contributed by atoms with van der Waals surface area (Å²) in [6.45, 7) is 0. The lowest BCUT2D eigenvalue weighted by molar-refractivity contribution is -0.384. The van der Waals surface area contributed by atoms with Crippen LogP contribution < -0.4 is 14.8 Å². The summed E-state index contributed by atoms with van der Waals surface area (Å²) in [6, 6.07) is 7.81. The molecule has 1 aromatic carbocycles. The monoisotopic (exact) mass is 369 g/mol. The number of rotatable bonds is 7. The van der Waals surface area contributed by atoms with Crippen molar-refractivity contribution in [2.45, 2.75) is 6.04 Å². The van der Waals surface area contributed by atoms with E-state index in [2.05, 4.69) is 15.3 Å². The van der Waals surface area contributed by atoms with Crippen LogP contribution >= 0.6 is 0 Å². The van der Waals surface area contributed by atoms with E-state index in [4.69, 9.17) is 9.47 Å². The lowest BCUT2D eigenvalue weighted by Gasteiger charge is -2.21. The molecule has 0 saturated carbocycles. The zero-order valence-corrected chi connectivity index (χ0v) is 15.1. The first-order valence-electron chi connectivity index (χ1n) is 8.09. The van der Waals surface area contributed by atoms with E-state index in [1.807, 2.05) is 23.7 Å². The van der Waals surface area contributed by atoms with Gasteiger partial charge in [-0.15, -0.1) is 0 Å². The molecule has 9 nitrogen and oxygen atoms in total. The van der Waals surface area contributed by atoms with Crippen LogP contribution in [0.25, 0.3) is 0 Å². The van der Waals surface area contributed by atoms with Gasteiger partial charge in [0.15, 0.2) is 0 Å². The highest BCUT2D eigenvalue weighted by Crippen LogP contribution is 2.33. The van der Waals surface area contributed by atoms with Crippen LogP contribution in [0.2, 0.25) is 0 Å². The lowest BCUT2D eigenvalue weighted by Crippen LogP contribution is -2.18. The first kappa shape index (κ1) is 18.2. The molecule has 0 bridgehead atoms. The number of methoxy groups -OCH3 is 2. The molecule has 0 spiro atoms. The number of nitrogens with zero attached hydrogens (tertiary/aromatic N) is 4. The molecule has 2 heterocycles. The molecule has 1 atom stereocenters. The molecule has 0 amide bonds. The predicted octanol–water partition coefficient (Wildman–Crippen LogP) is 2.94. The van der Waals surface area contributed by atoms with Gasteiger partial charge in [-0.25, -0.2) is 9.97 Å². The van der Waals surface area contributed by atoms with Crippen LogP contribution in [0.1, 0.15) is 17.4 Å². The smallest absolute Gasteiger partial charge is 0.311 e. The largest absolute Gasteiger partial charge is 0.497 e. The molecule has 1 unspecified atom stereocenters. The molecule has 0 aliphatic heterocycles. The number of pyridine rings is 1. The summed E-state index contributed by atoms with van der Waals surface area (Å²) >= 11 is 0. The number of ether oxygens (including phenoxy) is 2. The maximum atomic E-state index is 11.4. The highest BCUT2D eigenvalue weighted by atomic mass is 16.6. The number of hydrogen-bond donors (Lipinski definition) is 1. The summed E-state index contributed by atoms with van der Waals surface area (Å²) < 4.78 is 12.5. The van der Waals surface area contributed by atoms with Crippen molar-refractivity contribution in [1.82, 2.24) is 14.5 Å². The second-order valence-corrected chi connectivity index (χ2v) is 5.75. The molecule has 140 valence electrons. The zero-order valence-electron chi connectivity index (χ0n) is 15.1. The number of nitrogens with one attached hydrogen (secondary N) is 1. The summed E-state index contributed by atoms with van der Waals surface area (Å²) in [4.78, 5) is 19.4. The van der Waals surface area contributed by atoms with Crippen LogP contribution in [-0.4, -0.2) is 33.7 Å². The minimum atomic E-state index is -0.511. The maximum Gasteiger partial charge on any atom is 0.311 e. The van der Waals surface area contributed by atoms with Crippen LogP contribution in [0.3, 0.4) is 0 Å². The van der Waals surface area contributed by atoms with E-state index < -0.39 is 11.0 Å². The molecule has 0 fully saturated rings. The molecular formula is C18H19N5O4. The van der Waals surface area contributed by atoms with E-state index in [1.54, 1.807) is 32.7 Å². The summed E-state index contributed by atoms with van der Waals surface area (Å²) in [5.41, 5.74) is 0.645. The van der Waals surface area contributed by atoms with Crippen LogP contribution in [0.15, 0.2) is 48.9 Å². The average Bonchev–Trinajstić information content (AvgIpc) is 3.11. The van der Waals surface area contributed by atoms with Gasteiger partial charge in [0, 0.05) is 37.8 Å². The second-order valence-electron chi connectivity index (χ2n) is 5.75. The van der Waals surface area contributed by atoms with Crippen molar-refractivity contribution < 1.29 is 14.4 Å². The molecule has 0 radical (unpaired) electrons. The number of benzene rings is 1. The molecule has 0 aliphatic rings. The number of nitro groups is 1. The standard InChI is InChI=1S/C18H19N5O4/c1-22-8-7-20-18(22)16(12-9-13(26-2)11-14(10-12)27-3)21-17-15(23(24)25)5-4-6-19-17/h4-11,16H,1-3H3,(H,19,21). The van der Waals surface area contributed by atoms with Crippen molar-refractivity contribution in [2.75, 3.05) is 19.5 Å². The maximum absolute atomic E-state index is 11.4. The minimum absolute atomic E-state index is 0.119. The van der Waals surface area contributed by atoms with Gasteiger partial charge < -0.3 is 19.4 Å². The van der Waals surface area contributed by atoms with Crippen LogP contribution in [0, 0.1) is 10.1 Å². The third-order valence-corrected chi connectivity index (χ3v) is 4.09. The average molecular weight is 369 g/mol. The van der Waals surface area contributed by atoms with E-state index >= 15 is 0 Å². The summed E-state index contributed by atoms with van der Waals surface area (Å²) in [5, 5.41) is 14.5. The summed E-state index contributed by atoms with van der Waals surface area (Å²) in [5.74, 6) is 2.00. The number of anilines is 1. The zero-order chi connectivity index (χ0) is 19.4. The molecular weight excluding hydrogens is 350 g/mol. The first-order chi connectivity index (χ1) is 13.0. The van der Waals surface area contributed by atoms with Gasteiger partial charge in [-0.3, -0.25) is 10.1 Å². The molecule has 0 aliphatic carbocycles. The van der Waals surface area contributed by atoms with Gasteiger partial charge in [-0.1, -0.05) is 0 Å². The normalized spacial score (nSPS) is 11.7. The summed E-state index contributed by atoms with van der Waals surface area (Å²) in [7, 11) is 4.97.